The fourth-order valence-electron chi connectivity index (χ4n) is 1.12. The van der Waals surface area contributed by atoms with E-state index in [1.165, 1.54) is 17.4 Å². The third kappa shape index (κ3) is 2.69. The van der Waals surface area contributed by atoms with Crippen molar-refractivity contribution in [2.24, 2.45) is 5.73 Å². The smallest absolute Gasteiger partial charge is 0.244 e. The summed E-state index contributed by atoms with van der Waals surface area (Å²) in [6.07, 6.45) is 0. The van der Waals surface area contributed by atoms with Crippen LogP contribution in [0.5, 0.6) is 0 Å². The molecule has 84 valence electrons. The Morgan fingerprint density at radius 1 is 1.40 bits per heavy atom. The van der Waals surface area contributed by atoms with E-state index in [1.807, 2.05) is 0 Å². The molecule has 0 atom stereocenters. The van der Waals surface area contributed by atoms with Gasteiger partial charge in [0.15, 0.2) is 0 Å². The predicted octanol–water partition coefficient (Wildman–Crippen LogP) is 0.919. The third-order valence-corrected chi connectivity index (χ3v) is 4.33. The van der Waals surface area contributed by atoms with Crippen molar-refractivity contribution in [1.82, 2.24) is 4.31 Å². The molecule has 0 fully saturated rings. The Morgan fingerprint density at radius 2 is 2.00 bits per heavy atom. The number of halogens is 1. The van der Waals surface area contributed by atoms with Gasteiger partial charge in [-0.3, -0.25) is 0 Å². The average Bonchev–Trinajstić information content (AvgIpc) is 2.18. The van der Waals surface area contributed by atoms with Gasteiger partial charge in [0.25, 0.3) is 0 Å². The number of nitrogens with zero attached hydrogens (tertiary/aromatic N) is 1. The van der Waals surface area contributed by atoms with E-state index in [-0.39, 0.29) is 23.0 Å². The van der Waals surface area contributed by atoms with E-state index in [1.54, 1.807) is 18.2 Å². The quantitative estimate of drug-likeness (QED) is 0.862. The monoisotopic (exact) mass is 248 g/mol. The molecule has 0 unspecified atom stereocenters. The maximum atomic E-state index is 11.9. The predicted molar refractivity (Wildman–Crippen MR) is 60.3 cm³/mol. The Bertz CT molecular complexity index is 433. The molecular weight excluding hydrogens is 236 g/mol. The molecule has 0 heterocycles. The number of likely N-dealkylation sites (N-methyl/N-ethyl adjacent to an activating group) is 1. The highest BCUT2D eigenvalue weighted by Gasteiger charge is 2.22. The fraction of sp³-hybridized carbons (Fsp3) is 0.333. The standard InChI is InChI=1S/C9H13ClN2O2S/c1-12(7-6-11)15(13,14)9-5-3-2-4-8(9)10/h2-5H,6-7,11H2,1H3. The lowest BCUT2D eigenvalue weighted by atomic mass is 10.4. The van der Waals surface area contributed by atoms with Gasteiger partial charge >= 0.3 is 0 Å². The van der Waals surface area contributed by atoms with Crippen LogP contribution in [0.4, 0.5) is 0 Å². The van der Waals surface area contributed by atoms with Crippen molar-refractivity contribution in [3.8, 4) is 0 Å². The van der Waals surface area contributed by atoms with Gasteiger partial charge < -0.3 is 5.73 Å². The Balaban J connectivity index is 3.12. The summed E-state index contributed by atoms with van der Waals surface area (Å²) >= 11 is 5.82. The molecule has 0 aromatic heterocycles. The highest BCUT2D eigenvalue weighted by Crippen LogP contribution is 2.22. The number of nitrogens with two attached hydrogens (primary N) is 1. The molecule has 4 nitrogen and oxygen atoms in total. The van der Waals surface area contributed by atoms with Crippen molar-refractivity contribution < 1.29 is 8.42 Å². The molecule has 1 aromatic rings. The van der Waals surface area contributed by atoms with E-state index in [0.29, 0.717) is 0 Å². The average molecular weight is 249 g/mol. The van der Waals surface area contributed by atoms with Gasteiger partial charge in [0, 0.05) is 20.1 Å². The zero-order valence-corrected chi connectivity index (χ0v) is 9.92. The van der Waals surface area contributed by atoms with Gasteiger partial charge in [0.2, 0.25) is 10.0 Å². The van der Waals surface area contributed by atoms with Crippen LogP contribution in [0.3, 0.4) is 0 Å². The van der Waals surface area contributed by atoms with Crippen molar-refractivity contribution in [3.05, 3.63) is 29.3 Å². The van der Waals surface area contributed by atoms with Crippen molar-refractivity contribution in [3.63, 3.8) is 0 Å². The van der Waals surface area contributed by atoms with Crippen LogP contribution in [-0.2, 0) is 10.0 Å². The van der Waals surface area contributed by atoms with Crippen molar-refractivity contribution in [2.75, 3.05) is 20.1 Å². The summed E-state index contributed by atoms with van der Waals surface area (Å²) in [7, 11) is -2.03. The van der Waals surface area contributed by atoms with Crippen LogP contribution in [-0.4, -0.2) is 32.9 Å². The minimum Gasteiger partial charge on any atom is -0.329 e. The van der Waals surface area contributed by atoms with E-state index in [9.17, 15) is 8.42 Å². The lowest BCUT2D eigenvalue weighted by Crippen LogP contribution is -2.31. The second-order valence-corrected chi connectivity index (χ2v) is 5.47. The molecular formula is C9H13ClN2O2S. The maximum absolute atomic E-state index is 11.9. The first-order valence-corrected chi connectivity index (χ1v) is 6.23. The molecule has 6 heteroatoms. The van der Waals surface area contributed by atoms with Crippen LogP contribution in [0.25, 0.3) is 0 Å². The molecule has 1 aromatic carbocycles. The first kappa shape index (κ1) is 12.4. The lowest BCUT2D eigenvalue weighted by molar-refractivity contribution is 0.476. The van der Waals surface area contributed by atoms with E-state index < -0.39 is 10.0 Å². The van der Waals surface area contributed by atoms with Crippen LogP contribution >= 0.6 is 11.6 Å². The molecule has 0 saturated carbocycles. The zero-order chi connectivity index (χ0) is 11.5. The van der Waals surface area contributed by atoms with Crippen molar-refractivity contribution in [1.29, 1.82) is 0 Å². The summed E-state index contributed by atoms with van der Waals surface area (Å²) in [6, 6.07) is 6.34. The molecule has 0 aliphatic heterocycles. The lowest BCUT2D eigenvalue weighted by Gasteiger charge is -2.16. The number of hydrogen-bond donors (Lipinski definition) is 1. The summed E-state index contributed by atoms with van der Waals surface area (Å²) in [6.45, 7) is 0.549. The van der Waals surface area contributed by atoms with Crippen LogP contribution in [0, 0.1) is 0 Å². The SMILES string of the molecule is CN(CCN)S(=O)(=O)c1ccccc1Cl. The normalized spacial score (nSPS) is 12.0. The van der Waals surface area contributed by atoms with Crippen LogP contribution in [0.15, 0.2) is 29.2 Å². The van der Waals surface area contributed by atoms with Crippen molar-refractivity contribution in [2.45, 2.75) is 4.90 Å². The summed E-state index contributed by atoms with van der Waals surface area (Å²) < 4.78 is 25.0. The number of hydrogen-bond acceptors (Lipinski definition) is 3. The second kappa shape index (κ2) is 4.94. The van der Waals surface area contributed by atoms with Gasteiger partial charge in [0.05, 0.1) is 5.02 Å². The first-order chi connectivity index (χ1) is 7.00. The summed E-state index contributed by atoms with van der Waals surface area (Å²) in [5, 5.41) is 0.223. The third-order valence-electron chi connectivity index (χ3n) is 1.97. The minimum absolute atomic E-state index is 0.114. The van der Waals surface area contributed by atoms with Gasteiger partial charge in [-0.2, -0.15) is 4.31 Å². The molecule has 0 bridgehead atoms. The van der Waals surface area contributed by atoms with Crippen LogP contribution in [0.2, 0.25) is 5.02 Å². The summed E-state index contributed by atoms with van der Waals surface area (Å²) in [4.78, 5) is 0.114. The first-order valence-electron chi connectivity index (χ1n) is 4.41. The van der Waals surface area contributed by atoms with Crippen LogP contribution in [0.1, 0.15) is 0 Å². The van der Waals surface area contributed by atoms with Gasteiger partial charge in [-0.1, -0.05) is 23.7 Å². The largest absolute Gasteiger partial charge is 0.329 e. The Morgan fingerprint density at radius 3 is 2.53 bits per heavy atom. The van der Waals surface area contributed by atoms with Gasteiger partial charge in [-0.15, -0.1) is 0 Å². The minimum atomic E-state index is -3.51. The Labute approximate surface area is 94.7 Å². The molecule has 0 radical (unpaired) electrons. The molecule has 2 N–H and O–H groups in total. The molecule has 0 aliphatic rings. The van der Waals surface area contributed by atoms with Gasteiger partial charge in [-0.25, -0.2) is 8.42 Å². The topological polar surface area (TPSA) is 63.4 Å². The summed E-state index contributed by atoms with van der Waals surface area (Å²) in [5.41, 5.74) is 5.30. The highest BCUT2D eigenvalue weighted by atomic mass is 35.5. The molecule has 0 amide bonds. The van der Waals surface area contributed by atoms with Crippen molar-refractivity contribution >= 4 is 21.6 Å². The fourth-order valence-corrected chi connectivity index (χ4v) is 2.80. The molecule has 1 rings (SSSR count). The van der Waals surface area contributed by atoms with E-state index in [0.717, 1.165) is 0 Å². The van der Waals surface area contributed by atoms with E-state index in [2.05, 4.69) is 0 Å². The molecule has 0 aliphatic carbocycles. The Hall–Kier alpha value is -0.620. The summed E-state index contributed by atoms with van der Waals surface area (Å²) in [5.74, 6) is 0. The van der Waals surface area contributed by atoms with E-state index >= 15 is 0 Å². The molecule has 0 spiro atoms. The van der Waals surface area contributed by atoms with Crippen LogP contribution < -0.4 is 5.73 Å². The zero-order valence-electron chi connectivity index (χ0n) is 8.35. The number of sulfonamides is 1. The van der Waals surface area contributed by atoms with E-state index in [4.69, 9.17) is 17.3 Å². The number of benzene rings is 1. The maximum Gasteiger partial charge on any atom is 0.244 e. The van der Waals surface area contributed by atoms with Gasteiger partial charge in [0.1, 0.15) is 4.90 Å². The molecule has 0 saturated heterocycles. The Kier molecular flexibility index (Phi) is 4.10. The second-order valence-electron chi connectivity index (χ2n) is 3.05. The highest BCUT2D eigenvalue weighted by molar-refractivity contribution is 7.89. The number of rotatable bonds is 4. The molecule has 15 heavy (non-hydrogen) atoms. The van der Waals surface area contributed by atoms with Gasteiger partial charge in [-0.05, 0) is 12.1 Å².